The normalized spacial score (nSPS) is 11.7. The Morgan fingerprint density at radius 2 is 1.86 bits per heavy atom. The lowest BCUT2D eigenvalue weighted by atomic mass is 10.3. The fourth-order valence-corrected chi connectivity index (χ4v) is 3.34. The highest BCUT2D eigenvalue weighted by molar-refractivity contribution is 7.99. The van der Waals surface area contributed by atoms with Gasteiger partial charge in [-0.1, -0.05) is 42.1 Å². The fraction of sp³-hybridized carbons (Fsp3) is 0.250. The smallest absolute Gasteiger partial charge is 0.234 e. The Labute approximate surface area is 168 Å². The van der Waals surface area contributed by atoms with Gasteiger partial charge in [0.2, 0.25) is 5.91 Å². The van der Waals surface area contributed by atoms with E-state index in [1.165, 1.54) is 11.8 Å². The second kappa shape index (κ2) is 9.27. The van der Waals surface area contributed by atoms with E-state index < -0.39 is 0 Å². The average Bonchev–Trinajstić information content (AvgIpc) is 3.08. The summed E-state index contributed by atoms with van der Waals surface area (Å²) in [6, 6.07) is 16.8. The number of benzene rings is 2. The highest BCUT2D eigenvalue weighted by Gasteiger charge is 2.18. The summed E-state index contributed by atoms with van der Waals surface area (Å²) in [6.07, 6.45) is -0.267. The van der Waals surface area contributed by atoms with Crippen LogP contribution in [0.25, 0.3) is 0 Å². The van der Waals surface area contributed by atoms with E-state index in [0.29, 0.717) is 22.4 Å². The maximum Gasteiger partial charge on any atom is 0.234 e. The van der Waals surface area contributed by atoms with Gasteiger partial charge in [0, 0.05) is 7.05 Å². The molecular formula is C20H22N4O3S. The van der Waals surface area contributed by atoms with Gasteiger partial charge in [0.25, 0.3) is 0 Å². The van der Waals surface area contributed by atoms with Crippen molar-refractivity contribution < 1.29 is 14.3 Å². The van der Waals surface area contributed by atoms with Gasteiger partial charge in [-0.25, -0.2) is 0 Å². The predicted molar refractivity (Wildman–Crippen MR) is 109 cm³/mol. The van der Waals surface area contributed by atoms with Crippen LogP contribution < -0.4 is 14.8 Å². The number of amides is 1. The Bertz CT molecular complexity index is 930. The first-order chi connectivity index (χ1) is 13.6. The zero-order valence-corrected chi connectivity index (χ0v) is 16.8. The molecular weight excluding hydrogens is 376 g/mol. The zero-order chi connectivity index (χ0) is 19.9. The van der Waals surface area contributed by atoms with Crippen molar-refractivity contribution in [1.82, 2.24) is 14.8 Å². The van der Waals surface area contributed by atoms with Gasteiger partial charge in [-0.05, 0) is 31.2 Å². The molecule has 0 saturated heterocycles. The summed E-state index contributed by atoms with van der Waals surface area (Å²) < 4.78 is 13.0. The molecule has 0 fully saturated rings. The first kappa shape index (κ1) is 19.8. The highest BCUT2D eigenvalue weighted by atomic mass is 32.2. The van der Waals surface area contributed by atoms with E-state index in [1.54, 1.807) is 19.2 Å². The number of carbonyl (C=O) groups is 1. The molecule has 0 aliphatic carbocycles. The van der Waals surface area contributed by atoms with Gasteiger partial charge in [-0.3, -0.25) is 4.79 Å². The largest absolute Gasteiger partial charge is 0.495 e. The van der Waals surface area contributed by atoms with Gasteiger partial charge in [-0.2, -0.15) is 0 Å². The molecule has 0 unspecified atom stereocenters. The lowest BCUT2D eigenvalue weighted by Crippen LogP contribution is -2.15. The van der Waals surface area contributed by atoms with Gasteiger partial charge < -0.3 is 19.4 Å². The molecule has 1 amide bonds. The number of methoxy groups -OCH3 is 1. The SMILES string of the molecule is COc1ccccc1NC(=O)CSc1nnc([C@H](C)Oc2ccccc2)n1C. The van der Waals surface area contributed by atoms with Crippen molar-refractivity contribution in [2.24, 2.45) is 7.05 Å². The van der Waals surface area contributed by atoms with Crippen molar-refractivity contribution in [3.63, 3.8) is 0 Å². The zero-order valence-electron chi connectivity index (χ0n) is 16.0. The molecule has 146 valence electrons. The number of carbonyl (C=O) groups excluding carboxylic acids is 1. The minimum absolute atomic E-state index is 0.146. The van der Waals surface area contributed by atoms with Crippen molar-refractivity contribution in [3.8, 4) is 11.5 Å². The molecule has 2 aromatic carbocycles. The molecule has 1 aromatic heterocycles. The van der Waals surface area contributed by atoms with Crippen LogP contribution in [0.4, 0.5) is 5.69 Å². The number of rotatable bonds is 8. The topological polar surface area (TPSA) is 78.3 Å². The summed E-state index contributed by atoms with van der Waals surface area (Å²) in [5.41, 5.74) is 0.638. The van der Waals surface area contributed by atoms with E-state index in [4.69, 9.17) is 9.47 Å². The highest BCUT2D eigenvalue weighted by Crippen LogP contribution is 2.25. The number of hydrogen-bond donors (Lipinski definition) is 1. The van der Waals surface area contributed by atoms with Crippen LogP contribution in [-0.4, -0.2) is 33.5 Å². The summed E-state index contributed by atoms with van der Waals surface area (Å²) in [5, 5.41) is 11.9. The molecule has 7 nitrogen and oxygen atoms in total. The van der Waals surface area contributed by atoms with Crippen molar-refractivity contribution >= 4 is 23.4 Å². The molecule has 8 heteroatoms. The van der Waals surface area contributed by atoms with Gasteiger partial charge in [0.05, 0.1) is 18.6 Å². The number of anilines is 1. The van der Waals surface area contributed by atoms with Crippen LogP contribution in [-0.2, 0) is 11.8 Å². The Morgan fingerprint density at radius 1 is 1.14 bits per heavy atom. The molecule has 1 heterocycles. The summed E-state index contributed by atoms with van der Waals surface area (Å²) in [5.74, 6) is 2.14. The third-order valence-corrected chi connectivity index (χ3v) is 5.02. The van der Waals surface area contributed by atoms with E-state index in [1.807, 2.05) is 61.0 Å². The van der Waals surface area contributed by atoms with Crippen molar-refractivity contribution in [2.75, 3.05) is 18.2 Å². The average molecular weight is 398 g/mol. The molecule has 0 bridgehead atoms. The lowest BCUT2D eigenvalue weighted by Gasteiger charge is -2.14. The number of para-hydroxylation sites is 3. The monoisotopic (exact) mass is 398 g/mol. The number of nitrogens with one attached hydrogen (secondary N) is 1. The first-order valence-electron chi connectivity index (χ1n) is 8.75. The summed E-state index contributed by atoms with van der Waals surface area (Å²) in [4.78, 5) is 12.3. The van der Waals surface area contributed by atoms with Gasteiger partial charge >= 0.3 is 0 Å². The molecule has 1 N–H and O–H groups in total. The predicted octanol–water partition coefficient (Wildman–Crippen LogP) is 3.69. The van der Waals surface area contributed by atoms with Crippen LogP contribution in [0, 0.1) is 0 Å². The fourth-order valence-electron chi connectivity index (χ4n) is 2.63. The summed E-state index contributed by atoms with van der Waals surface area (Å²) >= 11 is 1.31. The van der Waals surface area contributed by atoms with Crippen molar-refractivity contribution in [3.05, 3.63) is 60.4 Å². The Balaban J connectivity index is 1.59. The van der Waals surface area contributed by atoms with Gasteiger partial charge in [0.15, 0.2) is 17.1 Å². The molecule has 28 heavy (non-hydrogen) atoms. The number of ether oxygens (including phenoxy) is 2. The molecule has 3 aromatic rings. The van der Waals surface area contributed by atoms with Crippen LogP contribution in [0.2, 0.25) is 0 Å². The molecule has 0 radical (unpaired) electrons. The molecule has 1 atom stereocenters. The van der Waals surface area contributed by atoms with Crippen LogP contribution in [0.1, 0.15) is 18.9 Å². The van der Waals surface area contributed by atoms with Crippen molar-refractivity contribution in [1.29, 1.82) is 0 Å². The standard InChI is InChI=1S/C20H22N4O3S/c1-14(27-15-9-5-4-6-10-15)19-22-23-20(24(19)2)28-13-18(25)21-16-11-7-8-12-17(16)26-3/h4-12,14H,13H2,1-3H3,(H,21,25)/t14-/m0/s1. The third-order valence-electron chi connectivity index (χ3n) is 4.00. The maximum absolute atomic E-state index is 12.3. The Morgan fingerprint density at radius 3 is 2.61 bits per heavy atom. The van der Waals surface area contributed by atoms with Crippen LogP contribution in [0.5, 0.6) is 11.5 Å². The number of aromatic nitrogens is 3. The van der Waals surface area contributed by atoms with E-state index >= 15 is 0 Å². The molecule has 0 aliphatic rings. The Kier molecular flexibility index (Phi) is 6.54. The van der Waals surface area contributed by atoms with Crippen LogP contribution in [0.15, 0.2) is 59.8 Å². The second-order valence-corrected chi connectivity index (χ2v) is 6.95. The number of thioether (sulfide) groups is 1. The first-order valence-corrected chi connectivity index (χ1v) is 9.73. The van der Waals surface area contributed by atoms with Crippen molar-refractivity contribution in [2.45, 2.75) is 18.2 Å². The van der Waals surface area contributed by atoms with E-state index in [9.17, 15) is 4.79 Å². The lowest BCUT2D eigenvalue weighted by molar-refractivity contribution is -0.113. The molecule has 3 rings (SSSR count). The number of nitrogens with zero attached hydrogens (tertiary/aromatic N) is 3. The molecule has 0 spiro atoms. The quantitative estimate of drug-likeness (QED) is 0.583. The summed E-state index contributed by atoms with van der Waals surface area (Å²) in [7, 11) is 3.43. The van der Waals surface area contributed by atoms with E-state index in [2.05, 4.69) is 15.5 Å². The summed E-state index contributed by atoms with van der Waals surface area (Å²) in [6.45, 7) is 1.92. The third kappa shape index (κ3) is 4.83. The minimum Gasteiger partial charge on any atom is -0.495 e. The van der Waals surface area contributed by atoms with Crippen LogP contribution >= 0.6 is 11.8 Å². The Hall–Kier alpha value is -3.00. The maximum atomic E-state index is 12.3. The van der Waals surface area contributed by atoms with E-state index in [-0.39, 0.29) is 17.8 Å². The number of hydrogen-bond acceptors (Lipinski definition) is 6. The van der Waals surface area contributed by atoms with Gasteiger partial charge in [-0.15, -0.1) is 10.2 Å². The minimum atomic E-state index is -0.267. The molecule has 0 aliphatic heterocycles. The van der Waals surface area contributed by atoms with Crippen LogP contribution in [0.3, 0.4) is 0 Å². The van der Waals surface area contributed by atoms with Gasteiger partial charge in [0.1, 0.15) is 11.5 Å². The second-order valence-electron chi connectivity index (χ2n) is 6.01. The van der Waals surface area contributed by atoms with E-state index in [0.717, 1.165) is 5.75 Å². The molecule has 0 saturated carbocycles.